The SMILES string of the molecule is O=C(NCC1CCC(Nc2ccccn2)CC1)OCc1ccccc1. The standard InChI is InChI=1S/C20H25N3O2/c24-20(25-15-17-6-2-1-3-7-17)22-14-16-9-11-18(12-10-16)23-19-8-4-5-13-21-19/h1-8,13,16,18H,9-12,14-15H2,(H,21,23)(H,22,24). The van der Waals surface area contributed by atoms with Gasteiger partial charge in [-0.3, -0.25) is 0 Å². The quantitative estimate of drug-likeness (QED) is 0.835. The van der Waals surface area contributed by atoms with Crippen LogP contribution in [0.2, 0.25) is 0 Å². The van der Waals surface area contributed by atoms with E-state index in [-0.39, 0.29) is 6.09 Å². The first kappa shape index (κ1) is 17.3. The van der Waals surface area contributed by atoms with Gasteiger partial charge in [-0.05, 0) is 49.3 Å². The van der Waals surface area contributed by atoms with Crippen LogP contribution in [0.25, 0.3) is 0 Å². The van der Waals surface area contributed by atoms with Gasteiger partial charge in [0, 0.05) is 18.8 Å². The fourth-order valence-corrected chi connectivity index (χ4v) is 3.17. The maximum Gasteiger partial charge on any atom is 0.407 e. The van der Waals surface area contributed by atoms with Crippen LogP contribution in [-0.4, -0.2) is 23.7 Å². The molecule has 0 atom stereocenters. The molecular weight excluding hydrogens is 314 g/mol. The minimum Gasteiger partial charge on any atom is -0.445 e. The Kier molecular flexibility index (Phi) is 6.26. The maximum absolute atomic E-state index is 11.8. The molecule has 3 rings (SSSR count). The minimum atomic E-state index is -0.336. The van der Waals surface area contributed by atoms with Crippen molar-refractivity contribution in [1.82, 2.24) is 10.3 Å². The Morgan fingerprint density at radius 3 is 2.52 bits per heavy atom. The van der Waals surface area contributed by atoms with Gasteiger partial charge in [0.15, 0.2) is 0 Å². The van der Waals surface area contributed by atoms with E-state index >= 15 is 0 Å². The largest absolute Gasteiger partial charge is 0.445 e. The average Bonchev–Trinajstić information content (AvgIpc) is 2.67. The number of alkyl carbamates (subject to hydrolysis) is 1. The molecule has 0 spiro atoms. The van der Waals surface area contributed by atoms with Crippen LogP contribution in [0.3, 0.4) is 0 Å². The fraction of sp³-hybridized carbons (Fsp3) is 0.400. The lowest BCUT2D eigenvalue weighted by molar-refractivity contribution is 0.136. The van der Waals surface area contributed by atoms with Crippen molar-refractivity contribution < 1.29 is 9.53 Å². The van der Waals surface area contributed by atoms with E-state index < -0.39 is 0 Å². The molecule has 1 aliphatic carbocycles. The Morgan fingerprint density at radius 1 is 1.04 bits per heavy atom. The zero-order valence-electron chi connectivity index (χ0n) is 14.4. The van der Waals surface area contributed by atoms with Gasteiger partial charge in [-0.15, -0.1) is 0 Å². The lowest BCUT2D eigenvalue weighted by Gasteiger charge is -2.29. The molecule has 0 bridgehead atoms. The minimum absolute atomic E-state index is 0.313. The predicted molar refractivity (Wildman–Crippen MR) is 98.2 cm³/mol. The first-order valence-corrected chi connectivity index (χ1v) is 8.92. The summed E-state index contributed by atoms with van der Waals surface area (Å²) >= 11 is 0. The average molecular weight is 339 g/mol. The van der Waals surface area contributed by atoms with Crippen molar-refractivity contribution in [2.45, 2.75) is 38.3 Å². The molecule has 1 aromatic carbocycles. The van der Waals surface area contributed by atoms with E-state index in [1.807, 2.05) is 48.5 Å². The van der Waals surface area contributed by atoms with E-state index in [9.17, 15) is 4.79 Å². The Hall–Kier alpha value is -2.56. The van der Waals surface area contributed by atoms with Gasteiger partial charge in [0.05, 0.1) is 0 Å². The summed E-state index contributed by atoms with van der Waals surface area (Å²) in [5, 5.41) is 6.37. The van der Waals surface area contributed by atoms with Crippen molar-refractivity contribution in [3.8, 4) is 0 Å². The topological polar surface area (TPSA) is 63.2 Å². The lowest BCUT2D eigenvalue weighted by Crippen LogP contribution is -2.34. The third-order valence-electron chi connectivity index (χ3n) is 4.61. The Morgan fingerprint density at radius 2 is 1.80 bits per heavy atom. The van der Waals surface area contributed by atoms with E-state index in [1.54, 1.807) is 6.20 Å². The summed E-state index contributed by atoms with van der Waals surface area (Å²) in [6, 6.07) is 16.1. The van der Waals surface area contributed by atoms with Crippen LogP contribution in [0.4, 0.5) is 10.6 Å². The van der Waals surface area contributed by atoms with Crippen LogP contribution in [0.1, 0.15) is 31.2 Å². The number of nitrogens with zero attached hydrogens (tertiary/aromatic N) is 1. The highest BCUT2D eigenvalue weighted by Crippen LogP contribution is 2.25. The van der Waals surface area contributed by atoms with Crippen LogP contribution < -0.4 is 10.6 Å². The van der Waals surface area contributed by atoms with Gasteiger partial charge in [0.2, 0.25) is 0 Å². The van der Waals surface area contributed by atoms with Crippen molar-refractivity contribution in [3.05, 3.63) is 60.3 Å². The molecule has 25 heavy (non-hydrogen) atoms. The summed E-state index contributed by atoms with van der Waals surface area (Å²) in [5.74, 6) is 1.46. The first-order valence-electron chi connectivity index (χ1n) is 8.92. The smallest absolute Gasteiger partial charge is 0.407 e. The molecule has 1 amide bonds. The third kappa shape index (κ3) is 5.78. The Balaban J connectivity index is 1.31. The number of amides is 1. The van der Waals surface area contributed by atoms with Crippen LogP contribution >= 0.6 is 0 Å². The van der Waals surface area contributed by atoms with Crippen molar-refractivity contribution in [2.75, 3.05) is 11.9 Å². The highest BCUT2D eigenvalue weighted by atomic mass is 16.5. The van der Waals surface area contributed by atoms with Gasteiger partial charge in [-0.25, -0.2) is 9.78 Å². The second-order valence-electron chi connectivity index (χ2n) is 6.52. The van der Waals surface area contributed by atoms with E-state index in [4.69, 9.17) is 4.74 Å². The first-order chi connectivity index (χ1) is 12.3. The van der Waals surface area contributed by atoms with E-state index in [2.05, 4.69) is 15.6 Å². The van der Waals surface area contributed by atoms with Gasteiger partial charge in [0.25, 0.3) is 0 Å². The van der Waals surface area contributed by atoms with E-state index in [1.165, 1.54) is 0 Å². The van der Waals surface area contributed by atoms with Crippen LogP contribution in [0.5, 0.6) is 0 Å². The number of carbonyl (C=O) groups is 1. The van der Waals surface area contributed by atoms with Crippen LogP contribution in [-0.2, 0) is 11.3 Å². The number of hydrogen-bond donors (Lipinski definition) is 2. The molecule has 2 N–H and O–H groups in total. The summed E-state index contributed by atoms with van der Waals surface area (Å²) in [4.78, 5) is 16.1. The number of aromatic nitrogens is 1. The summed E-state index contributed by atoms with van der Waals surface area (Å²) in [6.45, 7) is 0.997. The molecule has 0 unspecified atom stereocenters. The molecule has 5 heteroatoms. The molecular formula is C20H25N3O2. The van der Waals surface area contributed by atoms with Gasteiger partial charge in [-0.1, -0.05) is 36.4 Å². The molecule has 0 radical (unpaired) electrons. The number of carbonyl (C=O) groups excluding carboxylic acids is 1. The van der Waals surface area contributed by atoms with Crippen molar-refractivity contribution >= 4 is 11.9 Å². The van der Waals surface area contributed by atoms with E-state index in [0.717, 1.165) is 37.1 Å². The second kappa shape index (κ2) is 9.06. The normalized spacial score (nSPS) is 19.8. The summed E-state index contributed by atoms with van der Waals surface area (Å²) in [7, 11) is 0. The molecule has 2 aromatic rings. The highest BCUT2D eigenvalue weighted by Gasteiger charge is 2.21. The lowest BCUT2D eigenvalue weighted by atomic mass is 9.86. The van der Waals surface area contributed by atoms with Gasteiger partial charge in [0.1, 0.15) is 12.4 Å². The number of hydrogen-bond acceptors (Lipinski definition) is 4. The number of nitrogens with one attached hydrogen (secondary N) is 2. The fourth-order valence-electron chi connectivity index (χ4n) is 3.17. The highest BCUT2D eigenvalue weighted by molar-refractivity contribution is 5.67. The number of ether oxygens (including phenoxy) is 1. The zero-order chi connectivity index (χ0) is 17.3. The summed E-state index contributed by atoms with van der Waals surface area (Å²) in [5.41, 5.74) is 0.999. The summed E-state index contributed by atoms with van der Waals surface area (Å²) < 4.78 is 5.25. The Labute approximate surface area is 148 Å². The number of pyridine rings is 1. The monoisotopic (exact) mass is 339 g/mol. The van der Waals surface area contributed by atoms with Gasteiger partial charge < -0.3 is 15.4 Å². The predicted octanol–water partition coefficient (Wildman–Crippen LogP) is 3.98. The van der Waals surface area contributed by atoms with Crippen molar-refractivity contribution in [3.63, 3.8) is 0 Å². The third-order valence-corrected chi connectivity index (χ3v) is 4.61. The molecule has 1 fully saturated rings. The molecule has 1 heterocycles. The molecule has 0 aliphatic heterocycles. The van der Waals surface area contributed by atoms with Crippen molar-refractivity contribution in [1.29, 1.82) is 0 Å². The molecule has 1 saturated carbocycles. The van der Waals surface area contributed by atoms with Crippen LogP contribution in [0, 0.1) is 5.92 Å². The zero-order valence-corrected chi connectivity index (χ0v) is 14.4. The number of benzene rings is 1. The van der Waals surface area contributed by atoms with Gasteiger partial charge >= 0.3 is 6.09 Å². The van der Waals surface area contributed by atoms with Gasteiger partial charge in [-0.2, -0.15) is 0 Å². The van der Waals surface area contributed by atoms with E-state index in [0.29, 0.717) is 25.1 Å². The maximum atomic E-state index is 11.8. The number of rotatable bonds is 6. The number of anilines is 1. The molecule has 1 aromatic heterocycles. The van der Waals surface area contributed by atoms with Crippen molar-refractivity contribution in [2.24, 2.45) is 5.92 Å². The Bertz CT molecular complexity index is 641. The molecule has 1 aliphatic rings. The van der Waals surface area contributed by atoms with Crippen LogP contribution in [0.15, 0.2) is 54.7 Å². The molecule has 5 nitrogen and oxygen atoms in total. The molecule has 132 valence electrons. The summed E-state index contributed by atoms with van der Waals surface area (Å²) in [6.07, 6.45) is 5.87. The molecule has 0 saturated heterocycles. The second-order valence-corrected chi connectivity index (χ2v) is 6.52.